The van der Waals surface area contributed by atoms with Crippen molar-refractivity contribution in [2.24, 2.45) is 0 Å². The number of aromatic nitrogens is 3. The van der Waals surface area contributed by atoms with E-state index in [1.165, 1.54) is 14.3 Å². The van der Waals surface area contributed by atoms with Crippen LogP contribution in [0.25, 0.3) is 16.8 Å². The average molecular weight is 333 g/mol. The SMILES string of the molecule is Cc1cnc2c(-c3ccc(Sc4ccccc4)cc3)c[nH]n2c1=O. The second-order valence-corrected chi connectivity index (χ2v) is 6.68. The summed E-state index contributed by atoms with van der Waals surface area (Å²) < 4.78 is 1.48. The summed E-state index contributed by atoms with van der Waals surface area (Å²) in [4.78, 5) is 18.9. The molecule has 0 aliphatic carbocycles. The van der Waals surface area contributed by atoms with Gasteiger partial charge in [0.15, 0.2) is 5.65 Å². The second kappa shape index (κ2) is 6.02. The van der Waals surface area contributed by atoms with Gasteiger partial charge >= 0.3 is 0 Å². The third-order valence-electron chi connectivity index (χ3n) is 3.86. The summed E-state index contributed by atoms with van der Waals surface area (Å²) >= 11 is 1.72. The Bertz CT molecular complexity index is 1050. The molecule has 0 unspecified atom stereocenters. The Morgan fingerprint density at radius 1 is 1.00 bits per heavy atom. The fourth-order valence-electron chi connectivity index (χ4n) is 2.59. The van der Waals surface area contributed by atoms with Crippen LogP contribution in [0.1, 0.15) is 5.56 Å². The van der Waals surface area contributed by atoms with Gasteiger partial charge in [0.1, 0.15) is 0 Å². The number of hydrogen-bond acceptors (Lipinski definition) is 3. The van der Waals surface area contributed by atoms with Crippen molar-refractivity contribution in [3.8, 4) is 11.1 Å². The highest BCUT2D eigenvalue weighted by Crippen LogP contribution is 2.30. The summed E-state index contributed by atoms with van der Waals surface area (Å²) in [6, 6.07) is 18.6. The van der Waals surface area contributed by atoms with Crippen molar-refractivity contribution >= 4 is 17.4 Å². The van der Waals surface area contributed by atoms with Crippen LogP contribution < -0.4 is 5.56 Å². The summed E-state index contributed by atoms with van der Waals surface area (Å²) in [5.41, 5.74) is 3.15. The van der Waals surface area contributed by atoms with E-state index in [0.717, 1.165) is 11.1 Å². The second-order valence-electron chi connectivity index (χ2n) is 5.53. The van der Waals surface area contributed by atoms with Crippen molar-refractivity contribution in [2.75, 3.05) is 0 Å². The van der Waals surface area contributed by atoms with Gasteiger partial charge in [-0.3, -0.25) is 9.89 Å². The maximum absolute atomic E-state index is 12.1. The van der Waals surface area contributed by atoms with Gasteiger partial charge in [-0.1, -0.05) is 42.1 Å². The van der Waals surface area contributed by atoms with E-state index in [1.54, 1.807) is 24.9 Å². The van der Waals surface area contributed by atoms with Gasteiger partial charge in [0.2, 0.25) is 0 Å². The van der Waals surface area contributed by atoms with Gasteiger partial charge in [0.25, 0.3) is 5.56 Å². The molecule has 118 valence electrons. The Morgan fingerprint density at radius 2 is 1.71 bits per heavy atom. The van der Waals surface area contributed by atoms with Gasteiger partial charge < -0.3 is 0 Å². The lowest BCUT2D eigenvalue weighted by Gasteiger charge is -2.03. The van der Waals surface area contributed by atoms with Crippen molar-refractivity contribution in [3.05, 3.63) is 82.9 Å². The monoisotopic (exact) mass is 333 g/mol. The Labute approximate surface area is 143 Å². The number of aromatic amines is 1. The van der Waals surface area contributed by atoms with Crippen molar-refractivity contribution in [1.29, 1.82) is 0 Å². The van der Waals surface area contributed by atoms with E-state index in [1.807, 2.05) is 24.4 Å². The molecule has 0 fully saturated rings. The van der Waals surface area contributed by atoms with E-state index in [0.29, 0.717) is 11.2 Å². The first-order valence-corrected chi connectivity index (χ1v) is 8.43. The number of nitrogens with one attached hydrogen (secondary N) is 1. The molecule has 2 aromatic heterocycles. The lowest BCUT2D eigenvalue weighted by Crippen LogP contribution is -2.16. The molecule has 0 radical (unpaired) electrons. The highest BCUT2D eigenvalue weighted by molar-refractivity contribution is 7.99. The van der Waals surface area contributed by atoms with E-state index in [4.69, 9.17) is 0 Å². The number of rotatable bonds is 3. The average Bonchev–Trinajstić information content (AvgIpc) is 3.04. The minimum atomic E-state index is -0.0671. The van der Waals surface area contributed by atoms with E-state index < -0.39 is 0 Å². The molecule has 0 atom stereocenters. The molecule has 4 rings (SSSR count). The molecule has 0 aliphatic rings. The van der Waals surface area contributed by atoms with Crippen molar-refractivity contribution in [2.45, 2.75) is 16.7 Å². The largest absolute Gasteiger partial charge is 0.296 e. The van der Waals surface area contributed by atoms with Crippen LogP contribution in [0.15, 0.2) is 81.6 Å². The number of hydrogen-bond donors (Lipinski definition) is 1. The van der Waals surface area contributed by atoms with Gasteiger partial charge in [-0.05, 0) is 36.8 Å². The number of nitrogens with zero attached hydrogens (tertiary/aromatic N) is 2. The molecule has 0 saturated carbocycles. The maximum atomic E-state index is 12.1. The third kappa shape index (κ3) is 2.63. The normalized spacial score (nSPS) is 11.0. The smallest absolute Gasteiger partial charge is 0.275 e. The lowest BCUT2D eigenvalue weighted by molar-refractivity contribution is 0.885. The quantitative estimate of drug-likeness (QED) is 0.613. The summed E-state index contributed by atoms with van der Waals surface area (Å²) in [6.07, 6.45) is 3.44. The molecule has 0 spiro atoms. The Kier molecular flexibility index (Phi) is 3.70. The number of aryl methyl sites for hydroxylation is 1. The zero-order chi connectivity index (χ0) is 16.5. The molecule has 0 amide bonds. The molecular formula is C19H15N3OS. The zero-order valence-corrected chi connectivity index (χ0v) is 13.9. The zero-order valence-electron chi connectivity index (χ0n) is 13.1. The Hall–Kier alpha value is -2.79. The van der Waals surface area contributed by atoms with Crippen LogP contribution >= 0.6 is 11.8 Å². The molecule has 2 aromatic carbocycles. The first-order chi connectivity index (χ1) is 11.7. The van der Waals surface area contributed by atoms with Crippen LogP contribution in [0, 0.1) is 6.92 Å². The molecule has 4 aromatic rings. The first-order valence-electron chi connectivity index (χ1n) is 7.61. The van der Waals surface area contributed by atoms with E-state index in [2.05, 4.69) is 46.5 Å². The van der Waals surface area contributed by atoms with E-state index >= 15 is 0 Å². The summed E-state index contributed by atoms with van der Waals surface area (Å²) in [7, 11) is 0. The van der Waals surface area contributed by atoms with Crippen LogP contribution in [-0.4, -0.2) is 14.6 Å². The molecule has 0 aliphatic heterocycles. The minimum Gasteiger partial charge on any atom is -0.296 e. The molecule has 2 heterocycles. The standard InChI is InChI=1S/C19H15N3OS/c1-13-11-20-18-17(12-21-22(18)19(13)23)14-7-9-16(10-8-14)24-15-5-3-2-4-6-15/h2-12,21H,1H3. The van der Waals surface area contributed by atoms with E-state index in [9.17, 15) is 4.79 Å². The van der Waals surface area contributed by atoms with Crippen LogP contribution in [0.4, 0.5) is 0 Å². The number of benzene rings is 2. The predicted molar refractivity (Wildman–Crippen MR) is 96.6 cm³/mol. The topological polar surface area (TPSA) is 50.2 Å². The summed E-state index contributed by atoms with van der Waals surface area (Å²) in [5.74, 6) is 0. The van der Waals surface area contributed by atoms with Crippen LogP contribution in [0.3, 0.4) is 0 Å². The van der Waals surface area contributed by atoms with E-state index in [-0.39, 0.29) is 5.56 Å². The molecule has 24 heavy (non-hydrogen) atoms. The van der Waals surface area contributed by atoms with Gasteiger partial charge in [-0.2, -0.15) is 0 Å². The molecule has 1 N–H and O–H groups in total. The Balaban J connectivity index is 1.68. The molecule has 0 saturated heterocycles. The molecule has 4 nitrogen and oxygen atoms in total. The van der Waals surface area contributed by atoms with Crippen molar-refractivity contribution in [1.82, 2.24) is 14.6 Å². The highest BCUT2D eigenvalue weighted by atomic mass is 32.2. The predicted octanol–water partition coefficient (Wildman–Crippen LogP) is 4.15. The van der Waals surface area contributed by atoms with Crippen LogP contribution in [0.5, 0.6) is 0 Å². The summed E-state index contributed by atoms with van der Waals surface area (Å²) in [6.45, 7) is 1.76. The fourth-order valence-corrected chi connectivity index (χ4v) is 3.42. The molecule has 0 bridgehead atoms. The van der Waals surface area contributed by atoms with Crippen molar-refractivity contribution < 1.29 is 0 Å². The minimum absolute atomic E-state index is 0.0671. The maximum Gasteiger partial charge on any atom is 0.275 e. The number of fused-ring (bicyclic) bond motifs is 1. The van der Waals surface area contributed by atoms with Crippen LogP contribution in [-0.2, 0) is 0 Å². The fraction of sp³-hybridized carbons (Fsp3) is 0.0526. The van der Waals surface area contributed by atoms with Gasteiger partial charge in [-0.25, -0.2) is 9.50 Å². The lowest BCUT2D eigenvalue weighted by atomic mass is 10.1. The first kappa shape index (κ1) is 14.8. The summed E-state index contributed by atoms with van der Waals surface area (Å²) in [5, 5.41) is 2.99. The van der Waals surface area contributed by atoms with Gasteiger partial charge in [-0.15, -0.1) is 0 Å². The Morgan fingerprint density at radius 3 is 2.46 bits per heavy atom. The molecular weight excluding hydrogens is 318 g/mol. The van der Waals surface area contributed by atoms with Gasteiger partial charge in [0, 0.05) is 33.3 Å². The van der Waals surface area contributed by atoms with Gasteiger partial charge in [0.05, 0.1) is 0 Å². The molecule has 5 heteroatoms. The highest BCUT2D eigenvalue weighted by Gasteiger charge is 2.10. The third-order valence-corrected chi connectivity index (χ3v) is 4.87. The van der Waals surface area contributed by atoms with Crippen LogP contribution in [0.2, 0.25) is 0 Å². The van der Waals surface area contributed by atoms with Crippen molar-refractivity contribution in [3.63, 3.8) is 0 Å². The number of H-pyrrole nitrogens is 1.